The van der Waals surface area contributed by atoms with E-state index in [0.717, 1.165) is 43.9 Å². The number of hydrogen-bond acceptors (Lipinski definition) is 4. The van der Waals surface area contributed by atoms with Crippen molar-refractivity contribution in [1.82, 2.24) is 4.90 Å². The minimum Gasteiger partial charge on any atom is -0.379 e. The SMILES string of the molecule is CC[C@@H](C)N(Cc1ccccc1OS(=O)(=O)c1cccc(C(F)(F)F)c1)C(=O)C1CCC1. The van der Waals surface area contributed by atoms with E-state index < -0.39 is 26.8 Å². The van der Waals surface area contributed by atoms with Crippen LogP contribution < -0.4 is 4.18 Å². The van der Waals surface area contributed by atoms with E-state index >= 15 is 0 Å². The molecular formula is C23H26F3NO4S. The number of nitrogens with zero attached hydrogens (tertiary/aromatic N) is 1. The molecule has 0 heterocycles. The van der Waals surface area contributed by atoms with Crippen LogP contribution in [0.3, 0.4) is 0 Å². The van der Waals surface area contributed by atoms with Gasteiger partial charge in [0.15, 0.2) is 0 Å². The number of halogens is 3. The monoisotopic (exact) mass is 469 g/mol. The van der Waals surface area contributed by atoms with Crippen molar-refractivity contribution in [3.05, 3.63) is 59.7 Å². The summed E-state index contributed by atoms with van der Waals surface area (Å²) in [7, 11) is -4.51. The zero-order valence-electron chi connectivity index (χ0n) is 17.9. The molecule has 0 spiro atoms. The Balaban J connectivity index is 1.88. The third-order valence-electron chi connectivity index (χ3n) is 5.82. The normalized spacial score (nSPS) is 15.7. The fourth-order valence-electron chi connectivity index (χ4n) is 3.45. The molecule has 1 atom stereocenters. The van der Waals surface area contributed by atoms with Crippen molar-refractivity contribution >= 4 is 16.0 Å². The van der Waals surface area contributed by atoms with Gasteiger partial charge in [0.25, 0.3) is 0 Å². The zero-order valence-corrected chi connectivity index (χ0v) is 18.7. The number of para-hydroxylation sites is 1. The third kappa shape index (κ3) is 5.43. The Morgan fingerprint density at radius 2 is 1.84 bits per heavy atom. The molecule has 32 heavy (non-hydrogen) atoms. The smallest absolute Gasteiger partial charge is 0.379 e. The Labute approximate surface area is 186 Å². The van der Waals surface area contributed by atoms with E-state index in [1.54, 1.807) is 23.1 Å². The largest absolute Gasteiger partial charge is 0.416 e. The molecule has 0 radical (unpaired) electrons. The molecule has 2 aromatic carbocycles. The van der Waals surface area contributed by atoms with Gasteiger partial charge in [0.1, 0.15) is 10.6 Å². The Morgan fingerprint density at radius 1 is 1.16 bits per heavy atom. The lowest BCUT2D eigenvalue weighted by Crippen LogP contribution is -2.43. The molecule has 0 N–H and O–H groups in total. The molecule has 0 bridgehead atoms. The molecule has 1 aliphatic carbocycles. The van der Waals surface area contributed by atoms with E-state index in [1.807, 2.05) is 13.8 Å². The summed E-state index contributed by atoms with van der Waals surface area (Å²) in [5.41, 5.74) is -0.611. The van der Waals surface area contributed by atoms with Crippen molar-refractivity contribution < 1.29 is 30.6 Å². The van der Waals surface area contributed by atoms with Crippen LogP contribution in [0.5, 0.6) is 5.75 Å². The van der Waals surface area contributed by atoms with E-state index in [1.165, 1.54) is 6.07 Å². The van der Waals surface area contributed by atoms with Gasteiger partial charge in [-0.05, 0) is 50.5 Å². The molecule has 0 aliphatic heterocycles. The number of benzene rings is 2. The van der Waals surface area contributed by atoms with Gasteiger partial charge in [-0.2, -0.15) is 21.6 Å². The Kier molecular flexibility index (Phi) is 7.17. The molecule has 0 saturated heterocycles. The molecule has 0 unspecified atom stereocenters. The van der Waals surface area contributed by atoms with Gasteiger partial charge >= 0.3 is 16.3 Å². The highest BCUT2D eigenvalue weighted by atomic mass is 32.2. The first-order valence-electron chi connectivity index (χ1n) is 10.5. The molecule has 3 rings (SSSR count). The number of rotatable bonds is 8. The minimum absolute atomic E-state index is 0.0142. The second-order valence-corrected chi connectivity index (χ2v) is 9.57. The van der Waals surface area contributed by atoms with Crippen LogP contribution in [-0.4, -0.2) is 25.3 Å². The van der Waals surface area contributed by atoms with Gasteiger partial charge < -0.3 is 9.08 Å². The molecule has 1 aliphatic rings. The minimum atomic E-state index is -4.68. The lowest BCUT2D eigenvalue weighted by Gasteiger charge is -2.35. The summed E-state index contributed by atoms with van der Waals surface area (Å²) in [6.45, 7) is 4.05. The van der Waals surface area contributed by atoms with E-state index in [0.29, 0.717) is 11.6 Å². The molecule has 9 heteroatoms. The quantitative estimate of drug-likeness (QED) is 0.486. The van der Waals surface area contributed by atoms with Crippen LogP contribution >= 0.6 is 0 Å². The Bertz CT molecular complexity index is 1060. The third-order valence-corrected chi connectivity index (χ3v) is 7.05. The van der Waals surface area contributed by atoms with E-state index in [9.17, 15) is 26.4 Å². The summed E-state index contributed by atoms with van der Waals surface area (Å²) >= 11 is 0. The fraction of sp³-hybridized carbons (Fsp3) is 0.435. The van der Waals surface area contributed by atoms with Crippen molar-refractivity contribution in [1.29, 1.82) is 0 Å². The maximum absolute atomic E-state index is 13.0. The molecule has 174 valence electrons. The summed E-state index contributed by atoms with van der Waals surface area (Å²) in [5.74, 6) is -0.00770. The van der Waals surface area contributed by atoms with Crippen molar-refractivity contribution in [2.45, 2.75) is 63.2 Å². The molecule has 1 saturated carbocycles. The van der Waals surface area contributed by atoms with Crippen LogP contribution in [-0.2, 0) is 27.6 Å². The van der Waals surface area contributed by atoms with Gasteiger partial charge in [0.05, 0.1) is 5.56 Å². The van der Waals surface area contributed by atoms with Gasteiger partial charge in [-0.15, -0.1) is 0 Å². The Hall–Kier alpha value is -2.55. The number of alkyl halides is 3. The molecule has 5 nitrogen and oxygen atoms in total. The van der Waals surface area contributed by atoms with Gasteiger partial charge in [0.2, 0.25) is 5.91 Å². The van der Waals surface area contributed by atoms with E-state index in [-0.39, 0.29) is 30.2 Å². The molecular weight excluding hydrogens is 443 g/mol. The molecule has 1 fully saturated rings. The maximum Gasteiger partial charge on any atom is 0.416 e. The van der Waals surface area contributed by atoms with Gasteiger partial charge in [-0.1, -0.05) is 37.6 Å². The average Bonchev–Trinajstić information content (AvgIpc) is 2.70. The Morgan fingerprint density at radius 3 is 2.44 bits per heavy atom. The predicted octanol–water partition coefficient (Wildman–Crippen LogP) is 5.40. The lowest BCUT2D eigenvalue weighted by molar-refractivity contribution is -0.141. The van der Waals surface area contributed by atoms with E-state index in [4.69, 9.17) is 4.18 Å². The van der Waals surface area contributed by atoms with Gasteiger partial charge in [0, 0.05) is 24.1 Å². The van der Waals surface area contributed by atoms with Gasteiger partial charge in [-0.3, -0.25) is 4.79 Å². The van der Waals surface area contributed by atoms with Crippen molar-refractivity contribution in [3.63, 3.8) is 0 Å². The van der Waals surface area contributed by atoms with Crippen LogP contribution in [0.4, 0.5) is 13.2 Å². The van der Waals surface area contributed by atoms with Crippen LogP contribution in [0.15, 0.2) is 53.4 Å². The number of carbonyl (C=O) groups is 1. The summed E-state index contributed by atoms with van der Waals surface area (Å²) < 4.78 is 69.7. The second-order valence-electron chi connectivity index (χ2n) is 8.02. The number of hydrogen-bond donors (Lipinski definition) is 0. The summed E-state index contributed by atoms with van der Waals surface area (Å²) in [4.78, 5) is 14.1. The van der Waals surface area contributed by atoms with Crippen LogP contribution in [0, 0.1) is 5.92 Å². The average molecular weight is 470 g/mol. The standard InChI is InChI=1S/C23H26F3NO4S/c1-3-16(2)27(22(28)17-9-6-10-17)15-18-8-4-5-13-21(18)31-32(29,30)20-12-7-11-19(14-20)23(24,25)26/h4-5,7-8,11-14,16-17H,3,6,9-10,15H2,1-2H3/t16-/m1/s1. The second kappa shape index (κ2) is 9.52. The molecule has 2 aromatic rings. The maximum atomic E-state index is 13.0. The highest BCUT2D eigenvalue weighted by Gasteiger charge is 2.33. The predicted molar refractivity (Wildman–Crippen MR) is 113 cm³/mol. The molecule has 1 amide bonds. The molecule has 0 aromatic heterocycles. The van der Waals surface area contributed by atoms with Crippen molar-refractivity contribution in [3.8, 4) is 5.75 Å². The van der Waals surface area contributed by atoms with Crippen LogP contribution in [0.1, 0.15) is 50.7 Å². The van der Waals surface area contributed by atoms with Gasteiger partial charge in [-0.25, -0.2) is 0 Å². The van der Waals surface area contributed by atoms with Crippen LogP contribution in [0.25, 0.3) is 0 Å². The summed E-state index contributed by atoms with van der Waals surface area (Å²) in [6, 6.07) is 9.71. The summed E-state index contributed by atoms with van der Waals surface area (Å²) in [6.07, 6.45) is -1.26. The highest BCUT2D eigenvalue weighted by molar-refractivity contribution is 7.87. The fourth-order valence-corrected chi connectivity index (χ4v) is 4.47. The van der Waals surface area contributed by atoms with E-state index in [2.05, 4.69) is 0 Å². The first-order chi connectivity index (χ1) is 15.0. The first kappa shape index (κ1) is 24.1. The number of carbonyl (C=O) groups excluding carboxylic acids is 1. The first-order valence-corrected chi connectivity index (χ1v) is 11.9. The number of amides is 1. The summed E-state index contributed by atoms with van der Waals surface area (Å²) in [5, 5.41) is 0. The zero-order chi connectivity index (χ0) is 23.5. The topological polar surface area (TPSA) is 63.7 Å². The van der Waals surface area contributed by atoms with Crippen molar-refractivity contribution in [2.24, 2.45) is 5.92 Å². The van der Waals surface area contributed by atoms with Crippen LogP contribution in [0.2, 0.25) is 0 Å². The lowest BCUT2D eigenvalue weighted by atomic mass is 9.84. The highest BCUT2D eigenvalue weighted by Crippen LogP contribution is 2.33. The van der Waals surface area contributed by atoms with Crippen molar-refractivity contribution in [2.75, 3.05) is 0 Å².